The Balaban J connectivity index is 1.50. The molecule has 1 aromatic carbocycles. The summed E-state index contributed by atoms with van der Waals surface area (Å²) in [5, 5.41) is 20.5. The number of thioether (sulfide) groups is 1. The van der Waals surface area contributed by atoms with Crippen LogP contribution in [0.1, 0.15) is 11.5 Å². The molecule has 0 aliphatic heterocycles. The summed E-state index contributed by atoms with van der Waals surface area (Å²) >= 11 is 1.42. The molecule has 0 aliphatic carbocycles. The van der Waals surface area contributed by atoms with Crippen LogP contribution in [0.4, 0.5) is 0 Å². The second kappa shape index (κ2) is 6.28. The first-order valence-electron chi connectivity index (χ1n) is 7.14. The van der Waals surface area contributed by atoms with Gasteiger partial charge in [0, 0.05) is 0 Å². The third-order valence-electron chi connectivity index (χ3n) is 3.21. The number of hydrogen-bond acceptors (Lipinski definition) is 8. The SMILES string of the molecule is Cc1cccc(-n2nnnc2SCc2nnc(-c3ccco3)o2)c1. The maximum absolute atomic E-state index is 5.58. The summed E-state index contributed by atoms with van der Waals surface area (Å²) in [7, 11) is 0. The molecule has 0 N–H and O–H groups in total. The fourth-order valence-electron chi connectivity index (χ4n) is 2.13. The van der Waals surface area contributed by atoms with E-state index in [0.29, 0.717) is 28.5 Å². The maximum Gasteiger partial charge on any atom is 0.283 e. The summed E-state index contributed by atoms with van der Waals surface area (Å²) in [6, 6.07) is 11.5. The largest absolute Gasteiger partial charge is 0.459 e. The average Bonchev–Trinajstić information content (AvgIpc) is 3.33. The third kappa shape index (κ3) is 2.93. The van der Waals surface area contributed by atoms with Crippen LogP contribution in [0, 0.1) is 6.92 Å². The second-order valence-electron chi connectivity index (χ2n) is 4.98. The third-order valence-corrected chi connectivity index (χ3v) is 4.11. The molecule has 4 aromatic rings. The van der Waals surface area contributed by atoms with Gasteiger partial charge in [-0.15, -0.1) is 15.3 Å². The van der Waals surface area contributed by atoms with Crippen molar-refractivity contribution in [3.8, 4) is 17.3 Å². The number of benzene rings is 1. The summed E-state index contributed by atoms with van der Waals surface area (Å²) in [6.45, 7) is 2.02. The highest BCUT2D eigenvalue weighted by atomic mass is 32.2. The Hall–Kier alpha value is -2.94. The van der Waals surface area contributed by atoms with Crippen LogP contribution in [0.25, 0.3) is 17.3 Å². The van der Waals surface area contributed by atoms with E-state index in [1.165, 1.54) is 11.8 Å². The van der Waals surface area contributed by atoms with E-state index in [-0.39, 0.29) is 0 Å². The van der Waals surface area contributed by atoms with E-state index in [2.05, 4.69) is 25.7 Å². The predicted molar refractivity (Wildman–Crippen MR) is 85.5 cm³/mol. The number of furan rings is 1. The van der Waals surface area contributed by atoms with Gasteiger partial charge in [-0.3, -0.25) is 0 Å². The summed E-state index contributed by atoms with van der Waals surface area (Å²) in [4.78, 5) is 0. The van der Waals surface area contributed by atoms with Crippen LogP contribution in [0.5, 0.6) is 0 Å². The first-order valence-corrected chi connectivity index (χ1v) is 8.12. The van der Waals surface area contributed by atoms with Gasteiger partial charge in [-0.25, -0.2) is 0 Å². The van der Waals surface area contributed by atoms with Crippen LogP contribution in [0.2, 0.25) is 0 Å². The molecule has 0 amide bonds. The molecule has 4 rings (SSSR count). The first-order chi connectivity index (χ1) is 11.8. The molecule has 0 bridgehead atoms. The molecule has 0 atom stereocenters. The molecule has 0 aliphatic rings. The quantitative estimate of drug-likeness (QED) is 0.512. The standard InChI is InChI=1S/C15H12N6O2S/c1-10-4-2-5-11(8-10)21-15(18-19-20-21)24-9-13-16-17-14(23-13)12-6-3-7-22-12/h2-8H,9H2,1H3. The number of tetrazole rings is 1. The Morgan fingerprint density at radius 3 is 2.92 bits per heavy atom. The summed E-state index contributed by atoms with van der Waals surface area (Å²) in [5.41, 5.74) is 2.04. The lowest BCUT2D eigenvalue weighted by Crippen LogP contribution is -1.99. The minimum Gasteiger partial charge on any atom is -0.459 e. The van der Waals surface area contributed by atoms with Crippen molar-refractivity contribution >= 4 is 11.8 Å². The number of hydrogen-bond donors (Lipinski definition) is 0. The lowest BCUT2D eigenvalue weighted by atomic mass is 10.2. The van der Waals surface area contributed by atoms with E-state index in [4.69, 9.17) is 8.83 Å². The lowest BCUT2D eigenvalue weighted by molar-refractivity contribution is 0.494. The van der Waals surface area contributed by atoms with Crippen LogP contribution >= 0.6 is 11.8 Å². The molecule has 0 fully saturated rings. The van der Waals surface area contributed by atoms with E-state index < -0.39 is 0 Å². The van der Waals surface area contributed by atoms with Crippen LogP contribution < -0.4 is 0 Å². The molecular weight excluding hydrogens is 328 g/mol. The van der Waals surface area contributed by atoms with Gasteiger partial charge < -0.3 is 8.83 Å². The zero-order valence-electron chi connectivity index (χ0n) is 12.7. The van der Waals surface area contributed by atoms with Crippen molar-refractivity contribution < 1.29 is 8.83 Å². The van der Waals surface area contributed by atoms with Gasteiger partial charge >= 0.3 is 0 Å². The zero-order chi connectivity index (χ0) is 16.4. The van der Waals surface area contributed by atoms with Gasteiger partial charge in [-0.2, -0.15) is 4.68 Å². The smallest absolute Gasteiger partial charge is 0.283 e. The molecular formula is C15H12N6O2S. The second-order valence-corrected chi connectivity index (χ2v) is 5.92. The van der Waals surface area contributed by atoms with Crippen molar-refractivity contribution in [2.75, 3.05) is 0 Å². The molecule has 3 aromatic heterocycles. The Morgan fingerprint density at radius 2 is 2.08 bits per heavy atom. The lowest BCUT2D eigenvalue weighted by Gasteiger charge is -2.03. The number of rotatable bonds is 5. The van der Waals surface area contributed by atoms with Gasteiger partial charge in [-0.05, 0) is 47.2 Å². The summed E-state index contributed by atoms with van der Waals surface area (Å²) in [6.07, 6.45) is 1.56. The number of nitrogens with zero attached hydrogens (tertiary/aromatic N) is 6. The Labute approximate surface area is 140 Å². The minimum atomic E-state index is 0.355. The van der Waals surface area contributed by atoms with E-state index in [9.17, 15) is 0 Å². The molecule has 120 valence electrons. The maximum atomic E-state index is 5.58. The molecule has 0 unspecified atom stereocenters. The van der Waals surface area contributed by atoms with E-state index in [0.717, 1.165) is 11.3 Å². The van der Waals surface area contributed by atoms with Crippen molar-refractivity contribution in [1.82, 2.24) is 30.4 Å². The van der Waals surface area contributed by atoms with Gasteiger partial charge in [0.15, 0.2) is 5.76 Å². The fraction of sp³-hybridized carbons (Fsp3) is 0.133. The van der Waals surface area contributed by atoms with Crippen LogP contribution in [-0.2, 0) is 5.75 Å². The molecule has 0 spiro atoms. The van der Waals surface area contributed by atoms with Gasteiger partial charge in [-0.1, -0.05) is 23.9 Å². The molecule has 0 radical (unpaired) electrons. The zero-order valence-corrected chi connectivity index (χ0v) is 13.5. The molecule has 3 heterocycles. The topological polar surface area (TPSA) is 95.7 Å². The Kier molecular flexibility index (Phi) is 3.83. The van der Waals surface area contributed by atoms with Gasteiger partial charge in [0.05, 0.1) is 17.7 Å². The fourth-order valence-corrected chi connectivity index (χ4v) is 2.86. The Bertz CT molecular complexity index is 946. The monoisotopic (exact) mass is 340 g/mol. The average molecular weight is 340 g/mol. The first kappa shape index (κ1) is 14.6. The van der Waals surface area contributed by atoms with Crippen molar-refractivity contribution in [2.45, 2.75) is 17.8 Å². The Morgan fingerprint density at radius 1 is 1.12 bits per heavy atom. The van der Waals surface area contributed by atoms with Gasteiger partial charge in [0.1, 0.15) is 0 Å². The predicted octanol–water partition coefficient (Wildman–Crippen LogP) is 2.91. The highest BCUT2D eigenvalue weighted by molar-refractivity contribution is 7.98. The molecule has 0 saturated heterocycles. The normalized spacial score (nSPS) is 11.0. The number of aryl methyl sites for hydroxylation is 1. The van der Waals surface area contributed by atoms with Gasteiger partial charge in [0.25, 0.3) is 5.89 Å². The van der Waals surface area contributed by atoms with Gasteiger partial charge in [0.2, 0.25) is 11.0 Å². The van der Waals surface area contributed by atoms with Crippen molar-refractivity contribution in [2.24, 2.45) is 0 Å². The summed E-state index contributed by atoms with van der Waals surface area (Å²) < 4.78 is 12.5. The molecule has 9 heteroatoms. The van der Waals surface area contributed by atoms with Crippen molar-refractivity contribution in [1.29, 1.82) is 0 Å². The van der Waals surface area contributed by atoms with Crippen LogP contribution in [-0.4, -0.2) is 30.4 Å². The molecule has 24 heavy (non-hydrogen) atoms. The van der Waals surface area contributed by atoms with E-state index >= 15 is 0 Å². The highest BCUT2D eigenvalue weighted by Crippen LogP contribution is 2.24. The van der Waals surface area contributed by atoms with E-state index in [1.807, 2.05) is 31.2 Å². The minimum absolute atomic E-state index is 0.355. The van der Waals surface area contributed by atoms with Crippen molar-refractivity contribution in [3.05, 3.63) is 54.1 Å². The molecule has 8 nitrogen and oxygen atoms in total. The van der Waals surface area contributed by atoms with Crippen LogP contribution in [0.15, 0.2) is 56.7 Å². The summed E-state index contributed by atoms with van der Waals surface area (Å²) in [5.74, 6) is 1.84. The van der Waals surface area contributed by atoms with Crippen LogP contribution in [0.3, 0.4) is 0 Å². The highest BCUT2D eigenvalue weighted by Gasteiger charge is 2.14. The van der Waals surface area contributed by atoms with E-state index in [1.54, 1.807) is 23.1 Å². The van der Waals surface area contributed by atoms with Crippen molar-refractivity contribution in [3.63, 3.8) is 0 Å². The molecule has 0 saturated carbocycles. The number of aromatic nitrogens is 6.